The van der Waals surface area contributed by atoms with Crippen LogP contribution in [0.3, 0.4) is 0 Å². The van der Waals surface area contributed by atoms with Crippen molar-refractivity contribution in [3.05, 3.63) is 12.7 Å². The molecule has 0 spiro atoms. The van der Waals surface area contributed by atoms with Gasteiger partial charge in [0, 0.05) is 6.04 Å². The maximum absolute atomic E-state index is 3.73. The monoisotopic (exact) mass is 111 g/mol. The van der Waals surface area contributed by atoms with E-state index in [0.717, 1.165) is 12.0 Å². The van der Waals surface area contributed by atoms with Crippen LogP contribution in [-0.4, -0.2) is 25.0 Å². The lowest BCUT2D eigenvalue weighted by Crippen LogP contribution is -2.15. The summed E-state index contributed by atoms with van der Waals surface area (Å²) < 4.78 is 0. The van der Waals surface area contributed by atoms with Gasteiger partial charge in [-0.15, -0.1) is 6.58 Å². The fourth-order valence-corrected chi connectivity index (χ4v) is 1.05. The lowest BCUT2D eigenvalue weighted by molar-refractivity contribution is 0.387. The molecule has 1 aliphatic carbocycles. The lowest BCUT2D eigenvalue weighted by Gasteiger charge is -2.05. The Morgan fingerprint density at radius 1 is 1.62 bits per heavy atom. The Kier molecular flexibility index (Phi) is 1.39. The predicted octanol–water partition coefficient (Wildman–Crippen LogP) is 1.12. The van der Waals surface area contributed by atoms with Gasteiger partial charge in [-0.2, -0.15) is 0 Å². The number of hydrogen-bond acceptors (Lipinski definition) is 1. The molecule has 1 saturated carbocycles. The second-order valence-electron chi connectivity index (χ2n) is 2.67. The van der Waals surface area contributed by atoms with Crippen LogP contribution < -0.4 is 0 Å². The van der Waals surface area contributed by atoms with Crippen molar-refractivity contribution < 1.29 is 0 Å². The smallest absolute Gasteiger partial charge is 0.0159 e. The normalized spacial score (nSPS) is 35.4. The first-order chi connectivity index (χ1) is 3.75. The molecule has 0 aromatic carbocycles. The molecule has 1 nitrogen and oxygen atoms in total. The average molecular weight is 111 g/mol. The summed E-state index contributed by atoms with van der Waals surface area (Å²) in [6, 6.07) is 0.799. The summed E-state index contributed by atoms with van der Waals surface area (Å²) in [5, 5.41) is 0. The minimum absolute atomic E-state index is 0.782. The van der Waals surface area contributed by atoms with Gasteiger partial charge in [0.25, 0.3) is 0 Å². The van der Waals surface area contributed by atoms with Crippen LogP contribution in [0, 0.1) is 5.92 Å². The van der Waals surface area contributed by atoms with Crippen molar-refractivity contribution in [1.29, 1.82) is 0 Å². The SMILES string of the molecule is C=C[C@@H]1C[C@H]1N(C)C. The first kappa shape index (κ1) is 5.83. The predicted molar refractivity (Wildman–Crippen MR) is 35.8 cm³/mol. The third-order valence-corrected chi connectivity index (χ3v) is 1.77. The molecule has 0 N–H and O–H groups in total. The lowest BCUT2D eigenvalue weighted by atomic mass is 10.4. The molecule has 0 amide bonds. The van der Waals surface area contributed by atoms with Crippen LogP contribution in [0.15, 0.2) is 12.7 Å². The molecule has 0 heterocycles. The molecular weight excluding hydrogens is 98.1 g/mol. The van der Waals surface area contributed by atoms with Gasteiger partial charge in [-0.1, -0.05) is 6.08 Å². The van der Waals surface area contributed by atoms with Gasteiger partial charge >= 0.3 is 0 Å². The summed E-state index contributed by atoms with van der Waals surface area (Å²) in [5.74, 6) is 0.782. The molecule has 0 aromatic rings. The van der Waals surface area contributed by atoms with E-state index >= 15 is 0 Å². The van der Waals surface area contributed by atoms with Crippen molar-refractivity contribution in [1.82, 2.24) is 4.90 Å². The zero-order chi connectivity index (χ0) is 6.15. The Morgan fingerprint density at radius 2 is 2.25 bits per heavy atom. The summed E-state index contributed by atoms with van der Waals surface area (Å²) in [5.41, 5.74) is 0. The molecule has 1 heteroatoms. The molecule has 0 aromatic heterocycles. The van der Waals surface area contributed by atoms with Crippen LogP contribution >= 0.6 is 0 Å². The largest absolute Gasteiger partial charge is 0.306 e. The molecule has 0 saturated heterocycles. The van der Waals surface area contributed by atoms with E-state index < -0.39 is 0 Å². The van der Waals surface area contributed by atoms with Crippen molar-refractivity contribution in [3.63, 3.8) is 0 Å². The molecule has 0 unspecified atom stereocenters. The first-order valence-corrected chi connectivity index (χ1v) is 3.04. The van der Waals surface area contributed by atoms with Crippen LogP contribution in [-0.2, 0) is 0 Å². The van der Waals surface area contributed by atoms with E-state index in [0.29, 0.717) is 0 Å². The summed E-state index contributed by atoms with van der Waals surface area (Å²) in [6.45, 7) is 3.73. The summed E-state index contributed by atoms with van der Waals surface area (Å²) in [4.78, 5) is 2.26. The fraction of sp³-hybridized carbons (Fsp3) is 0.714. The van der Waals surface area contributed by atoms with Gasteiger partial charge in [0.1, 0.15) is 0 Å². The fourth-order valence-electron chi connectivity index (χ4n) is 1.05. The van der Waals surface area contributed by atoms with E-state index in [1.165, 1.54) is 6.42 Å². The Hall–Kier alpha value is -0.300. The minimum atomic E-state index is 0.782. The molecule has 0 radical (unpaired) electrons. The summed E-state index contributed by atoms with van der Waals surface area (Å²) >= 11 is 0. The minimum Gasteiger partial charge on any atom is -0.306 e. The van der Waals surface area contributed by atoms with E-state index in [4.69, 9.17) is 0 Å². The zero-order valence-corrected chi connectivity index (χ0v) is 5.59. The molecule has 1 rings (SSSR count). The molecular formula is C7H13N. The van der Waals surface area contributed by atoms with Crippen LogP contribution in [0.4, 0.5) is 0 Å². The number of rotatable bonds is 2. The molecule has 2 atom stereocenters. The summed E-state index contributed by atoms with van der Waals surface area (Å²) in [6.07, 6.45) is 3.36. The Morgan fingerprint density at radius 3 is 2.38 bits per heavy atom. The van der Waals surface area contributed by atoms with E-state index in [1.54, 1.807) is 0 Å². The number of hydrogen-bond donors (Lipinski definition) is 0. The van der Waals surface area contributed by atoms with Gasteiger partial charge < -0.3 is 4.90 Å². The van der Waals surface area contributed by atoms with Gasteiger partial charge in [0.15, 0.2) is 0 Å². The highest BCUT2D eigenvalue weighted by atomic mass is 15.1. The van der Waals surface area contributed by atoms with E-state index in [2.05, 4.69) is 25.6 Å². The van der Waals surface area contributed by atoms with E-state index in [-0.39, 0.29) is 0 Å². The van der Waals surface area contributed by atoms with E-state index in [9.17, 15) is 0 Å². The van der Waals surface area contributed by atoms with Crippen molar-refractivity contribution in [3.8, 4) is 0 Å². The van der Waals surface area contributed by atoms with Crippen LogP contribution in [0.25, 0.3) is 0 Å². The highest BCUT2D eigenvalue weighted by Crippen LogP contribution is 2.34. The third-order valence-electron chi connectivity index (χ3n) is 1.77. The zero-order valence-electron chi connectivity index (χ0n) is 5.59. The second-order valence-corrected chi connectivity index (χ2v) is 2.67. The van der Waals surface area contributed by atoms with Crippen molar-refractivity contribution >= 4 is 0 Å². The Bertz CT molecular complexity index is 96.6. The maximum atomic E-state index is 3.73. The molecule has 1 aliphatic rings. The van der Waals surface area contributed by atoms with Crippen LogP contribution in [0.5, 0.6) is 0 Å². The highest BCUT2D eigenvalue weighted by Gasteiger charge is 2.35. The highest BCUT2D eigenvalue weighted by molar-refractivity contribution is 5.02. The average Bonchev–Trinajstić information content (AvgIpc) is 2.42. The molecule has 1 fully saturated rings. The number of nitrogens with zero attached hydrogens (tertiary/aromatic N) is 1. The molecule has 0 aliphatic heterocycles. The van der Waals surface area contributed by atoms with Crippen molar-refractivity contribution in [2.24, 2.45) is 5.92 Å². The standard InChI is InChI=1S/C7H13N/c1-4-6-5-7(6)8(2)3/h4,6-7H,1,5H2,2-3H3/t6-,7-/m1/s1. The third kappa shape index (κ3) is 0.920. The van der Waals surface area contributed by atoms with Gasteiger partial charge in [0.05, 0.1) is 0 Å². The topological polar surface area (TPSA) is 3.24 Å². The molecule has 8 heavy (non-hydrogen) atoms. The van der Waals surface area contributed by atoms with Crippen LogP contribution in [0.1, 0.15) is 6.42 Å². The Labute approximate surface area is 51.0 Å². The maximum Gasteiger partial charge on any atom is 0.0159 e. The van der Waals surface area contributed by atoms with Gasteiger partial charge in [0.2, 0.25) is 0 Å². The molecule has 0 bridgehead atoms. The quantitative estimate of drug-likeness (QED) is 0.483. The second kappa shape index (κ2) is 1.90. The van der Waals surface area contributed by atoms with E-state index in [1.807, 2.05) is 6.08 Å². The van der Waals surface area contributed by atoms with Crippen molar-refractivity contribution in [2.45, 2.75) is 12.5 Å². The van der Waals surface area contributed by atoms with Gasteiger partial charge in [-0.05, 0) is 26.4 Å². The molecule has 46 valence electrons. The van der Waals surface area contributed by atoms with Crippen molar-refractivity contribution in [2.75, 3.05) is 14.1 Å². The van der Waals surface area contributed by atoms with Gasteiger partial charge in [-0.25, -0.2) is 0 Å². The summed E-state index contributed by atoms with van der Waals surface area (Å²) in [7, 11) is 4.24. The first-order valence-electron chi connectivity index (χ1n) is 3.04. The van der Waals surface area contributed by atoms with Gasteiger partial charge in [-0.3, -0.25) is 0 Å². The Balaban J connectivity index is 2.26. The van der Waals surface area contributed by atoms with Crippen LogP contribution in [0.2, 0.25) is 0 Å².